The third-order valence-corrected chi connectivity index (χ3v) is 4.31. The summed E-state index contributed by atoms with van der Waals surface area (Å²) in [5, 5.41) is 0. The van der Waals surface area contributed by atoms with Crippen LogP contribution in [0.1, 0.15) is 49.3 Å². The predicted molar refractivity (Wildman–Crippen MR) is 93.0 cm³/mol. The highest BCUT2D eigenvalue weighted by molar-refractivity contribution is 5.91. The predicted octanol–water partition coefficient (Wildman–Crippen LogP) is 2.11. The molecule has 7 heteroatoms. The van der Waals surface area contributed by atoms with Gasteiger partial charge in [0, 0.05) is 44.0 Å². The Balaban J connectivity index is 1.58. The van der Waals surface area contributed by atoms with Crippen molar-refractivity contribution in [1.82, 2.24) is 24.8 Å². The van der Waals surface area contributed by atoms with Crippen LogP contribution in [0.3, 0.4) is 0 Å². The van der Waals surface area contributed by atoms with Crippen LogP contribution < -0.4 is 0 Å². The van der Waals surface area contributed by atoms with Crippen molar-refractivity contribution in [3.05, 3.63) is 42.1 Å². The zero-order valence-corrected chi connectivity index (χ0v) is 15.1. The molecule has 0 radical (unpaired) electrons. The van der Waals surface area contributed by atoms with Crippen LogP contribution in [-0.2, 0) is 12.0 Å². The van der Waals surface area contributed by atoms with Crippen molar-refractivity contribution in [2.75, 3.05) is 26.2 Å². The number of carbonyl (C=O) groups excluding carboxylic acids is 1. The molecule has 1 saturated heterocycles. The van der Waals surface area contributed by atoms with Crippen molar-refractivity contribution in [2.45, 2.75) is 39.2 Å². The molecule has 1 aliphatic heterocycles. The Morgan fingerprint density at radius 1 is 1.12 bits per heavy atom. The number of hydrogen-bond donors (Lipinski definition) is 0. The molecule has 0 unspecified atom stereocenters. The Hall–Kier alpha value is -2.28. The van der Waals surface area contributed by atoms with Crippen LogP contribution in [0.15, 0.2) is 29.2 Å². The highest BCUT2D eigenvalue weighted by Gasteiger charge is 2.23. The lowest BCUT2D eigenvalue weighted by atomic mass is 9.94. The molecule has 2 aromatic rings. The summed E-state index contributed by atoms with van der Waals surface area (Å²) in [6.07, 6.45) is 7.37. The lowest BCUT2D eigenvalue weighted by molar-refractivity contribution is 0.0754. The molecule has 0 aromatic carbocycles. The SMILES string of the molecule is CC(C)(C)c1cnc(CN2CCCN(C(=O)c3cnccn3)CC2)o1. The van der Waals surface area contributed by atoms with Gasteiger partial charge in [-0.05, 0) is 6.42 Å². The molecular formula is C18H25N5O2. The molecule has 1 amide bonds. The van der Waals surface area contributed by atoms with Gasteiger partial charge in [-0.3, -0.25) is 14.7 Å². The maximum atomic E-state index is 12.5. The van der Waals surface area contributed by atoms with Crippen molar-refractivity contribution in [3.8, 4) is 0 Å². The van der Waals surface area contributed by atoms with E-state index in [4.69, 9.17) is 4.42 Å². The van der Waals surface area contributed by atoms with E-state index in [9.17, 15) is 4.79 Å². The molecule has 25 heavy (non-hydrogen) atoms. The van der Waals surface area contributed by atoms with E-state index in [0.29, 0.717) is 18.8 Å². The second-order valence-electron chi connectivity index (χ2n) is 7.38. The van der Waals surface area contributed by atoms with Gasteiger partial charge in [0.25, 0.3) is 5.91 Å². The number of oxazole rings is 1. The standard InChI is InChI=1S/C18H25N5O2/c1-18(2,3)15-12-21-16(25-15)13-22-7-4-8-23(10-9-22)17(24)14-11-19-5-6-20-14/h5-6,11-12H,4,7-10,13H2,1-3H3. The Kier molecular flexibility index (Phi) is 5.13. The molecule has 3 heterocycles. The van der Waals surface area contributed by atoms with Crippen LogP contribution in [0, 0.1) is 0 Å². The van der Waals surface area contributed by atoms with Crippen LogP contribution >= 0.6 is 0 Å². The molecule has 3 rings (SSSR count). The fourth-order valence-corrected chi connectivity index (χ4v) is 2.83. The molecule has 134 valence electrons. The van der Waals surface area contributed by atoms with Crippen molar-refractivity contribution in [3.63, 3.8) is 0 Å². The van der Waals surface area contributed by atoms with Gasteiger partial charge in [0.1, 0.15) is 11.5 Å². The molecule has 0 atom stereocenters. The Morgan fingerprint density at radius 3 is 2.64 bits per heavy atom. The summed E-state index contributed by atoms with van der Waals surface area (Å²) in [5.41, 5.74) is 0.364. The van der Waals surface area contributed by atoms with Crippen LogP contribution in [0.2, 0.25) is 0 Å². The average Bonchev–Trinajstić information content (AvgIpc) is 2.94. The van der Waals surface area contributed by atoms with Gasteiger partial charge in [0.2, 0.25) is 5.89 Å². The Morgan fingerprint density at radius 2 is 1.96 bits per heavy atom. The first-order valence-corrected chi connectivity index (χ1v) is 8.66. The first kappa shape index (κ1) is 17.5. The normalized spacial score (nSPS) is 16.7. The van der Waals surface area contributed by atoms with Crippen LogP contribution in [0.4, 0.5) is 0 Å². The fraction of sp³-hybridized carbons (Fsp3) is 0.556. The minimum Gasteiger partial charge on any atom is -0.444 e. The van der Waals surface area contributed by atoms with Gasteiger partial charge >= 0.3 is 0 Å². The molecule has 1 aliphatic rings. The molecule has 0 aliphatic carbocycles. The van der Waals surface area contributed by atoms with E-state index < -0.39 is 0 Å². The molecule has 0 bridgehead atoms. The molecular weight excluding hydrogens is 318 g/mol. The van der Waals surface area contributed by atoms with Gasteiger partial charge in [0.05, 0.1) is 18.9 Å². The summed E-state index contributed by atoms with van der Waals surface area (Å²) in [6.45, 7) is 10.1. The van der Waals surface area contributed by atoms with Gasteiger partial charge in [-0.2, -0.15) is 0 Å². The molecule has 0 spiro atoms. The number of nitrogens with zero attached hydrogens (tertiary/aromatic N) is 5. The van der Waals surface area contributed by atoms with Gasteiger partial charge < -0.3 is 9.32 Å². The van der Waals surface area contributed by atoms with E-state index in [1.807, 2.05) is 11.1 Å². The Bertz CT molecular complexity index is 708. The lowest BCUT2D eigenvalue weighted by Crippen LogP contribution is -2.35. The maximum absolute atomic E-state index is 12.5. The average molecular weight is 343 g/mol. The van der Waals surface area contributed by atoms with E-state index >= 15 is 0 Å². The molecule has 2 aromatic heterocycles. The second-order valence-corrected chi connectivity index (χ2v) is 7.38. The van der Waals surface area contributed by atoms with Gasteiger partial charge in [-0.1, -0.05) is 20.8 Å². The lowest BCUT2D eigenvalue weighted by Gasteiger charge is -2.21. The van der Waals surface area contributed by atoms with Gasteiger partial charge in [-0.25, -0.2) is 9.97 Å². The summed E-state index contributed by atoms with van der Waals surface area (Å²) < 4.78 is 5.88. The van der Waals surface area contributed by atoms with Crippen LogP contribution in [0.25, 0.3) is 0 Å². The number of hydrogen-bond acceptors (Lipinski definition) is 6. The zero-order valence-electron chi connectivity index (χ0n) is 15.1. The van der Waals surface area contributed by atoms with E-state index in [0.717, 1.165) is 37.7 Å². The summed E-state index contributed by atoms with van der Waals surface area (Å²) in [4.78, 5) is 29.1. The van der Waals surface area contributed by atoms with E-state index in [1.165, 1.54) is 6.20 Å². The number of aromatic nitrogens is 3. The Labute approximate surface area is 148 Å². The van der Waals surface area contributed by atoms with Crippen LogP contribution in [-0.4, -0.2) is 56.8 Å². The topological polar surface area (TPSA) is 75.4 Å². The summed E-state index contributed by atoms with van der Waals surface area (Å²) >= 11 is 0. The summed E-state index contributed by atoms with van der Waals surface area (Å²) in [5.74, 6) is 1.58. The van der Waals surface area contributed by atoms with E-state index in [1.54, 1.807) is 12.4 Å². The minimum absolute atomic E-state index is 0.0377. The summed E-state index contributed by atoms with van der Waals surface area (Å²) in [6, 6.07) is 0. The number of carbonyl (C=O) groups is 1. The fourth-order valence-electron chi connectivity index (χ4n) is 2.83. The first-order valence-electron chi connectivity index (χ1n) is 8.66. The molecule has 7 nitrogen and oxygen atoms in total. The smallest absolute Gasteiger partial charge is 0.274 e. The monoisotopic (exact) mass is 343 g/mol. The highest BCUT2D eigenvalue weighted by atomic mass is 16.4. The molecule has 0 saturated carbocycles. The van der Waals surface area contributed by atoms with Crippen molar-refractivity contribution in [1.29, 1.82) is 0 Å². The third-order valence-electron chi connectivity index (χ3n) is 4.31. The first-order chi connectivity index (χ1) is 11.9. The highest BCUT2D eigenvalue weighted by Crippen LogP contribution is 2.23. The number of amides is 1. The zero-order chi connectivity index (χ0) is 17.9. The van der Waals surface area contributed by atoms with Crippen molar-refractivity contribution < 1.29 is 9.21 Å². The van der Waals surface area contributed by atoms with E-state index in [-0.39, 0.29) is 11.3 Å². The number of rotatable bonds is 3. The minimum atomic E-state index is -0.0545. The van der Waals surface area contributed by atoms with Crippen LogP contribution in [0.5, 0.6) is 0 Å². The van der Waals surface area contributed by atoms with Gasteiger partial charge in [0.15, 0.2) is 0 Å². The van der Waals surface area contributed by atoms with Crippen molar-refractivity contribution >= 4 is 5.91 Å². The van der Waals surface area contributed by atoms with E-state index in [2.05, 4.69) is 40.6 Å². The second kappa shape index (κ2) is 7.31. The largest absolute Gasteiger partial charge is 0.444 e. The van der Waals surface area contributed by atoms with Gasteiger partial charge in [-0.15, -0.1) is 0 Å². The molecule has 0 N–H and O–H groups in total. The quantitative estimate of drug-likeness (QED) is 0.850. The summed E-state index contributed by atoms with van der Waals surface area (Å²) in [7, 11) is 0. The maximum Gasteiger partial charge on any atom is 0.274 e. The van der Waals surface area contributed by atoms with Crippen molar-refractivity contribution in [2.24, 2.45) is 0 Å². The third kappa shape index (κ3) is 4.42. The molecule has 1 fully saturated rings.